The van der Waals surface area contributed by atoms with Crippen molar-refractivity contribution in [1.29, 1.82) is 0 Å². The van der Waals surface area contributed by atoms with Gasteiger partial charge in [0.25, 0.3) is 0 Å². The Hall–Kier alpha value is -5.09. The maximum Gasteiger partial charge on any atom is 0.343 e. The Kier molecular flexibility index (Phi) is 9.30. The van der Waals surface area contributed by atoms with Crippen molar-refractivity contribution >= 4 is 39.2 Å². The van der Waals surface area contributed by atoms with Gasteiger partial charge in [-0.25, -0.2) is 9.59 Å². The Balaban J connectivity index is 1.71. The molecule has 2 amide bonds. The van der Waals surface area contributed by atoms with Crippen LogP contribution in [0, 0.1) is 0 Å². The van der Waals surface area contributed by atoms with Crippen LogP contribution >= 0.6 is 11.3 Å². The lowest BCUT2D eigenvalue weighted by atomic mass is 10.0. The predicted molar refractivity (Wildman–Crippen MR) is 173 cm³/mol. The fourth-order valence-electron chi connectivity index (χ4n) is 4.96. The number of pyridine rings is 1. The van der Waals surface area contributed by atoms with E-state index in [0.717, 1.165) is 16.0 Å². The topological polar surface area (TPSA) is 99.1 Å². The third-order valence-electron chi connectivity index (χ3n) is 7.15. The first-order chi connectivity index (χ1) is 21.3. The van der Waals surface area contributed by atoms with Gasteiger partial charge >= 0.3 is 12.0 Å². The highest BCUT2D eigenvalue weighted by Crippen LogP contribution is 2.39. The fraction of sp³-hybridized carbons (Fsp3) is 0.206. The summed E-state index contributed by atoms with van der Waals surface area (Å²) in [6.45, 7) is 2.26. The Morgan fingerprint density at radius 1 is 0.932 bits per heavy atom. The van der Waals surface area contributed by atoms with E-state index in [1.54, 1.807) is 46.5 Å². The number of esters is 1. The largest absolute Gasteiger partial charge is 0.497 e. The summed E-state index contributed by atoms with van der Waals surface area (Å²) < 4.78 is 18.1. The number of anilines is 1. The molecule has 0 atom stereocenters. The molecule has 2 heterocycles. The monoisotopic (exact) mass is 611 g/mol. The van der Waals surface area contributed by atoms with Crippen LogP contribution in [0.5, 0.6) is 11.5 Å². The number of hydrogen-bond donors (Lipinski definition) is 1. The average molecular weight is 612 g/mol. The molecule has 5 aromatic rings. The zero-order valence-corrected chi connectivity index (χ0v) is 25.8. The first-order valence-electron chi connectivity index (χ1n) is 14.0. The van der Waals surface area contributed by atoms with Gasteiger partial charge in [-0.05, 0) is 55.0 Å². The van der Waals surface area contributed by atoms with Gasteiger partial charge in [0.05, 0.1) is 32.8 Å². The van der Waals surface area contributed by atoms with E-state index in [4.69, 9.17) is 14.2 Å². The number of rotatable bonds is 10. The van der Waals surface area contributed by atoms with Crippen LogP contribution < -0.4 is 20.2 Å². The van der Waals surface area contributed by atoms with Gasteiger partial charge in [-0.2, -0.15) is 0 Å². The number of para-hydroxylation sites is 2. The second-order valence-electron chi connectivity index (χ2n) is 10.0. The van der Waals surface area contributed by atoms with E-state index >= 15 is 0 Å². The van der Waals surface area contributed by atoms with Gasteiger partial charge in [0, 0.05) is 41.5 Å². The molecule has 44 heavy (non-hydrogen) atoms. The van der Waals surface area contributed by atoms with E-state index in [-0.39, 0.29) is 24.7 Å². The number of nitrogens with one attached hydrogen (secondary N) is 1. The smallest absolute Gasteiger partial charge is 0.343 e. The number of urea groups is 1. The van der Waals surface area contributed by atoms with Crippen LogP contribution in [-0.2, 0) is 17.8 Å². The summed E-state index contributed by atoms with van der Waals surface area (Å²) in [5, 5.41) is 3.26. The van der Waals surface area contributed by atoms with Crippen LogP contribution in [-0.4, -0.2) is 49.3 Å². The van der Waals surface area contributed by atoms with Crippen LogP contribution in [0.1, 0.15) is 28.4 Å². The van der Waals surface area contributed by atoms with Crippen molar-refractivity contribution in [2.24, 2.45) is 0 Å². The predicted octanol–water partition coefficient (Wildman–Crippen LogP) is 6.64. The Labute approximate surface area is 259 Å². The number of thiophene rings is 1. The second-order valence-corrected chi connectivity index (χ2v) is 11.0. The molecule has 0 radical (unpaired) electrons. The van der Waals surface area contributed by atoms with E-state index < -0.39 is 11.4 Å². The van der Waals surface area contributed by atoms with Gasteiger partial charge < -0.3 is 29.0 Å². The summed E-state index contributed by atoms with van der Waals surface area (Å²) in [4.78, 5) is 43.4. The molecule has 5 rings (SSSR count). The molecule has 0 saturated heterocycles. The average Bonchev–Trinajstić information content (AvgIpc) is 3.42. The van der Waals surface area contributed by atoms with Gasteiger partial charge in [0.1, 0.15) is 21.9 Å². The lowest BCUT2D eigenvalue weighted by molar-refractivity contribution is 0.0524. The Bertz CT molecular complexity index is 1850. The van der Waals surface area contributed by atoms with Crippen LogP contribution in [0.15, 0.2) is 89.9 Å². The normalized spacial score (nSPS) is 10.8. The van der Waals surface area contributed by atoms with Crippen molar-refractivity contribution in [2.45, 2.75) is 20.0 Å². The summed E-state index contributed by atoms with van der Waals surface area (Å²) in [5.74, 6) is 0.670. The standard InChI is InChI=1S/C34H33N3O6S/c1-5-43-33(39)27-21-37(19-23-11-9-10-14-28(23)42-4)32-29(30(27)38)26(31(44-32)22-15-17-25(41-3)18-16-22)20-36(2)34(40)35-24-12-7-6-8-13-24/h6-18,21H,5,19-20H2,1-4H3,(H,35,40). The number of hydrogen-bond acceptors (Lipinski definition) is 7. The molecular formula is C34H33N3O6S. The van der Waals surface area contributed by atoms with E-state index in [1.807, 2.05) is 71.3 Å². The van der Waals surface area contributed by atoms with Crippen molar-refractivity contribution in [3.63, 3.8) is 0 Å². The van der Waals surface area contributed by atoms with Crippen LogP contribution in [0.4, 0.5) is 10.5 Å². The first kappa shape index (κ1) is 30.4. The number of fused-ring (bicyclic) bond motifs is 1. The lowest BCUT2D eigenvalue weighted by Crippen LogP contribution is -2.31. The van der Waals surface area contributed by atoms with Crippen LogP contribution in [0.3, 0.4) is 0 Å². The molecule has 10 heteroatoms. The SMILES string of the molecule is CCOC(=O)c1cn(Cc2ccccc2OC)c2sc(-c3ccc(OC)cc3)c(CN(C)C(=O)Nc3ccccc3)c2c1=O. The van der Waals surface area contributed by atoms with Crippen LogP contribution in [0.25, 0.3) is 20.7 Å². The zero-order valence-electron chi connectivity index (χ0n) is 25.0. The highest BCUT2D eigenvalue weighted by atomic mass is 32.1. The summed E-state index contributed by atoms with van der Waals surface area (Å²) in [7, 11) is 4.87. The Morgan fingerprint density at radius 3 is 2.32 bits per heavy atom. The maximum atomic E-state index is 14.1. The molecule has 0 fully saturated rings. The van der Waals surface area contributed by atoms with Crippen LogP contribution in [0.2, 0.25) is 0 Å². The van der Waals surface area contributed by atoms with Crippen molar-refractivity contribution in [3.05, 3.63) is 112 Å². The molecule has 2 aromatic heterocycles. The molecule has 0 aliphatic rings. The number of carbonyl (C=O) groups excluding carboxylic acids is 2. The van der Waals surface area contributed by atoms with Gasteiger partial charge in [-0.15, -0.1) is 11.3 Å². The number of nitrogens with zero attached hydrogens (tertiary/aromatic N) is 2. The summed E-state index contributed by atoms with van der Waals surface area (Å²) in [6, 6.07) is 23.9. The van der Waals surface area contributed by atoms with Gasteiger partial charge in [0.2, 0.25) is 5.43 Å². The zero-order chi connectivity index (χ0) is 31.2. The van der Waals surface area contributed by atoms with E-state index in [1.165, 1.54) is 16.2 Å². The Morgan fingerprint density at radius 2 is 1.64 bits per heavy atom. The molecule has 0 bridgehead atoms. The number of carbonyl (C=O) groups is 2. The minimum atomic E-state index is -0.702. The number of aromatic nitrogens is 1. The second kappa shape index (κ2) is 13.5. The quantitative estimate of drug-likeness (QED) is 0.178. The summed E-state index contributed by atoms with van der Waals surface area (Å²) in [5.41, 5.74) is 2.47. The summed E-state index contributed by atoms with van der Waals surface area (Å²) in [6.07, 6.45) is 1.55. The van der Waals surface area contributed by atoms with Crippen molar-refractivity contribution in [1.82, 2.24) is 9.47 Å². The van der Waals surface area contributed by atoms with Crippen molar-refractivity contribution in [3.8, 4) is 21.9 Å². The molecule has 0 spiro atoms. The number of methoxy groups -OCH3 is 2. The molecular weight excluding hydrogens is 578 g/mol. The maximum absolute atomic E-state index is 14.1. The highest BCUT2D eigenvalue weighted by molar-refractivity contribution is 7.22. The summed E-state index contributed by atoms with van der Waals surface area (Å²) >= 11 is 1.43. The molecule has 0 aliphatic heterocycles. The third-order valence-corrected chi connectivity index (χ3v) is 8.47. The van der Waals surface area contributed by atoms with Crippen molar-refractivity contribution in [2.75, 3.05) is 33.2 Å². The van der Waals surface area contributed by atoms with E-state index in [2.05, 4.69) is 5.32 Å². The lowest BCUT2D eigenvalue weighted by Gasteiger charge is -2.19. The number of benzene rings is 3. The molecule has 0 aliphatic carbocycles. The van der Waals surface area contributed by atoms with Crippen molar-refractivity contribution < 1.29 is 23.8 Å². The number of ether oxygens (including phenoxy) is 3. The molecule has 226 valence electrons. The minimum Gasteiger partial charge on any atom is -0.497 e. The first-order valence-corrected chi connectivity index (χ1v) is 14.9. The molecule has 3 aromatic carbocycles. The minimum absolute atomic E-state index is 0.0778. The fourth-order valence-corrected chi connectivity index (χ4v) is 6.25. The molecule has 0 unspecified atom stereocenters. The van der Waals surface area contributed by atoms with E-state index in [0.29, 0.717) is 39.5 Å². The molecule has 9 nitrogen and oxygen atoms in total. The van der Waals surface area contributed by atoms with E-state index in [9.17, 15) is 14.4 Å². The molecule has 0 saturated carbocycles. The highest BCUT2D eigenvalue weighted by Gasteiger charge is 2.26. The van der Waals surface area contributed by atoms with Gasteiger partial charge in [-0.1, -0.05) is 36.4 Å². The van der Waals surface area contributed by atoms with Gasteiger partial charge in [0.15, 0.2) is 0 Å². The number of amides is 2. The molecule has 1 N–H and O–H groups in total. The third kappa shape index (κ3) is 6.30. The van der Waals surface area contributed by atoms with Gasteiger partial charge in [-0.3, -0.25) is 4.79 Å².